The van der Waals surface area contributed by atoms with E-state index in [4.69, 9.17) is 31.7 Å². The van der Waals surface area contributed by atoms with Crippen molar-refractivity contribution in [2.75, 3.05) is 5.73 Å². The second kappa shape index (κ2) is 7.59. The molecule has 0 unspecified atom stereocenters. The van der Waals surface area contributed by atoms with Crippen LogP contribution in [-0.4, -0.2) is 11.1 Å². The van der Waals surface area contributed by atoms with Gasteiger partial charge in [-0.05, 0) is 55.3 Å². The smallest absolute Gasteiger partial charge is 0.373 e. The first-order valence-corrected chi connectivity index (χ1v) is 7.42. The number of nitrogens with two attached hydrogens (primary N) is 1. The van der Waals surface area contributed by atoms with Gasteiger partial charge in [0.05, 0.1) is 16.2 Å². The largest absolute Gasteiger partial charge is 0.457 e. The average Bonchev–Trinajstić information content (AvgIpc) is 2.54. The Balaban J connectivity index is 0.000000647. The highest BCUT2D eigenvalue weighted by Crippen LogP contribution is 2.32. The Morgan fingerprint density at radius 1 is 1.08 bits per heavy atom. The molecular formula is C18H15ClN2O3. The first-order chi connectivity index (χ1) is 11.5. The summed E-state index contributed by atoms with van der Waals surface area (Å²) in [5.74, 6) is 1.41. The van der Waals surface area contributed by atoms with Gasteiger partial charge in [-0.1, -0.05) is 11.6 Å². The molecule has 1 heterocycles. The molecule has 0 fully saturated rings. The molecule has 0 aliphatic rings. The molecule has 6 heteroatoms. The van der Waals surface area contributed by atoms with Gasteiger partial charge in [-0.2, -0.15) is 9.59 Å². The molecule has 0 amide bonds. The molecule has 2 aromatic carbocycles. The Bertz CT molecular complexity index is 920. The highest BCUT2D eigenvalue weighted by Gasteiger charge is 2.07. The Morgan fingerprint density at radius 2 is 1.75 bits per heavy atom. The van der Waals surface area contributed by atoms with Crippen LogP contribution in [0.2, 0.25) is 5.02 Å². The van der Waals surface area contributed by atoms with Crippen LogP contribution in [0.5, 0.6) is 11.5 Å². The lowest BCUT2D eigenvalue weighted by atomic mass is 10.1. The summed E-state index contributed by atoms with van der Waals surface area (Å²) in [5, 5.41) is 1.46. The van der Waals surface area contributed by atoms with Gasteiger partial charge in [-0.3, -0.25) is 4.98 Å². The molecule has 0 aliphatic carbocycles. The maximum absolute atomic E-state index is 8.12. The Hall–Kier alpha value is -2.88. The number of nitrogens with zero attached hydrogens (tertiary/aromatic N) is 1. The van der Waals surface area contributed by atoms with Crippen molar-refractivity contribution in [3.8, 4) is 11.5 Å². The fourth-order valence-corrected chi connectivity index (χ4v) is 2.34. The first kappa shape index (κ1) is 17.5. The minimum absolute atomic E-state index is 0.250. The molecule has 0 bridgehead atoms. The Kier molecular flexibility index (Phi) is 5.53. The van der Waals surface area contributed by atoms with Crippen LogP contribution >= 0.6 is 11.6 Å². The molecule has 0 radical (unpaired) electrons. The zero-order chi connectivity index (χ0) is 17.7. The summed E-state index contributed by atoms with van der Waals surface area (Å²) in [7, 11) is 0. The van der Waals surface area contributed by atoms with Gasteiger partial charge in [-0.15, -0.1) is 0 Å². The quantitative estimate of drug-likeness (QED) is 0.702. The number of anilines is 1. The van der Waals surface area contributed by atoms with E-state index in [1.54, 1.807) is 24.4 Å². The number of fused-ring (bicyclic) bond motifs is 1. The number of aromatic nitrogens is 1. The molecule has 2 N–H and O–H groups in total. The topological polar surface area (TPSA) is 82.3 Å². The van der Waals surface area contributed by atoms with E-state index in [0.29, 0.717) is 16.5 Å². The van der Waals surface area contributed by atoms with Crippen molar-refractivity contribution in [3.63, 3.8) is 0 Å². The van der Waals surface area contributed by atoms with Crippen molar-refractivity contribution < 1.29 is 14.3 Å². The number of halogens is 1. The van der Waals surface area contributed by atoms with Crippen molar-refractivity contribution in [2.24, 2.45) is 0 Å². The van der Waals surface area contributed by atoms with Crippen LogP contribution in [0.1, 0.15) is 11.1 Å². The lowest BCUT2D eigenvalue weighted by Gasteiger charge is -2.11. The van der Waals surface area contributed by atoms with Gasteiger partial charge in [0.25, 0.3) is 0 Å². The van der Waals surface area contributed by atoms with E-state index in [1.807, 2.05) is 6.07 Å². The second-order valence-corrected chi connectivity index (χ2v) is 5.54. The monoisotopic (exact) mass is 342 g/mol. The standard InChI is InChI=1S/C17H15ClN2O.CO2/c1-10-7-13-16(8-11(10)2)20-6-5-17(13)21-12-3-4-15(19)14(18)9-12;2-1-3/h3-9H,19H2,1-2H3;. The van der Waals surface area contributed by atoms with E-state index in [1.165, 1.54) is 11.1 Å². The minimum Gasteiger partial charge on any atom is -0.457 e. The fraction of sp³-hybridized carbons (Fsp3) is 0.111. The third kappa shape index (κ3) is 3.90. The first-order valence-electron chi connectivity index (χ1n) is 7.04. The van der Waals surface area contributed by atoms with Crippen molar-refractivity contribution >= 4 is 34.3 Å². The number of hydrogen-bond acceptors (Lipinski definition) is 5. The predicted molar refractivity (Wildman–Crippen MR) is 92.2 cm³/mol. The van der Waals surface area contributed by atoms with Crippen LogP contribution in [0.3, 0.4) is 0 Å². The third-order valence-corrected chi connectivity index (χ3v) is 3.84. The number of pyridine rings is 1. The maximum Gasteiger partial charge on any atom is 0.373 e. The molecule has 3 rings (SSSR count). The van der Waals surface area contributed by atoms with Gasteiger partial charge in [0.2, 0.25) is 0 Å². The summed E-state index contributed by atoms with van der Waals surface area (Å²) in [5.41, 5.74) is 9.58. The van der Waals surface area contributed by atoms with Crippen LogP contribution < -0.4 is 10.5 Å². The summed E-state index contributed by atoms with van der Waals surface area (Å²) in [6.45, 7) is 4.15. The lowest BCUT2D eigenvalue weighted by Crippen LogP contribution is -1.91. The molecular weight excluding hydrogens is 328 g/mol. The second-order valence-electron chi connectivity index (χ2n) is 5.13. The van der Waals surface area contributed by atoms with Gasteiger partial charge in [0.15, 0.2) is 0 Å². The van der Waals surface area contributed by atoms with Crippen molar-refractivity contribution in [2.45, 2.75) is 13.8 Å². The molecule has 1 aromatic heterocycles. The number of ether oxygens (including phenoxy) is 1. The van der Waals surface area contributed by atoms with Crippen molar-refractivity contribution in [1.29, 1.82) is 0 Å². The molecule has 5 nitrogen and oxygen atoms in total. The van der Waals surface area contributed by atoms with Gasteiger partial charge in [-0.25, -0.2) is 0 Å². The van der Waals surface area contributed by atoms with E-state index in [9.17, 15) is 0 Å². The summed E-state index contributed by atoms with van der Waals surface area (Å²) in [4.78, 5) is 20.6. The van der Waals surface area contributed by atoms with Gasteiger partial charge in [0.1, 0.15) is 11.5 Å². The number of hydrogen-bond donors (Lipinski definition) is 1. The summed E-state index contributed by atoms with van der Waals surface area (Å²) in [6.07, 6.45) is 1.99. The summed E-state index contributed by atoms with van der Waals surface area (Å²) in [6, 6.07) is 11.2. The van der Waals surface area contributed by atoms with E-state index in [0.717, 1.165) is 16.7 Å². The summed E-state index contributed by atoms with van der Waals surface area (Å²) >= 11 is 6.03. The highest BCUT2D eigenvalue weighted by atomic mass is 35.5. The third-order valence-electron chi connectivity index (χ3n) is 3.52. The van der Waals surface area contributed by atoms with Crippen LogP contribution in [0, 0.1) is 13.8 Å². The van der Waals surface area contributed by atoms with E-state index >= 15 is 0 Å². The number of benzene rings is 2. The van der Waals surface area contributed by atoms with Crippen LogP contribution in [0.4, 0.5) is 5.69 Å². The summed E-state index contributed by atoms with van der Waals surface area (Å²) < 4.78 is 5.94. The van der Waals surface area contributed by atoms with Gasteiger partial charge >= 0.3 is 6.15 Å². The number of aryl methyl sites for hydroxylation is 2. The van der Waals surface area contributed by atoms with Gasteiger partial charge < -0.3 is 10.5 Å². The molecule has 0 aliphatic heterocycles. The number of nitrogen functional groups attached to an aromatic ring is 1. The molecule has 3 aromatic rings. The fourth-order valence-electron chi connectivity index (χ4n) is 2.17. The number of rotatable bonds is 2. The minimum atomic E-state index is 0.250. The average molecular weight is 343 g/mol. The van der Waals surface area contributed by atoms with Gasteiger partial charge in [0, 0.05) is 17.6 Å². The maximum atomic E-state index is 8.12. The van der Waals surface area contributed by atoms with Crippen LogP contribution in [0.25, 0.3) is 10.9 Å². The van der Waals surface area contributed by atoms with Crippen LogP contribution in [-0.2, 0) is 9.59 Å². The van der Waals surface area contributed by atoms with Crippen LogP contribution in [0.15, 0.2) is 42.6 Å². The molecule has 24 heavy (non-hydrogen) atoms. The van der Waals surface area contributed by atoms with Crippen molar-refractivity contribution in [1.82, 2.24) is 4.98 Å². The van der Waals surface area contributed by atoms with E-state index < -0.39 is 0 Å². The molecule has 0 spiro atoms. The predicted octanol–water partition coefficient (Wildman–Crippen LogP) is 4.30. The number of carbonyl (C=O) groups excluding carboxylic acids is 2. The Morgan fingerprint density at radius 3 is 2.42 bits per heavy atom. The zero-order valence-corrected chi connectivity index (χ0v) is 13.9. The SMILES string of the molecule is Cc1cc2nccc(Oc3ccc(N)c(Cl)c3)c2cc1C.O=C=O. The highest BCUT2D eigenvalue weighted by molar-refractivity contribution is 6.33. The molecule has 0 saturated carbocycles. The normalized spacial score (nSPS) is 9.79. The lowest BCUT2D eigenvalue weighted by molar-refractivity contribution is -0.191. The molecule has 0 atom stereocenters. The molecule has 0 saturated heterocycles. The Labute approximate surface area is 144 Å². The van der Waals surface area contributed by atoms with E-state index in [-0.39, 0.29) is 6.15 Å². The van der Waals surface area contributed by atoms with Crippen molar-refractivity contribution in [3.05, 3.63) is 58.7 Å². The molecule has 122 valence electrons. The van der Waals surface area contributed by atoms with E-state index in [2.05, 4.69) is 31.0 Å². The zero-order valence-electron chi connectivity index (χ0n) is 13.2.